The number of amides is 2. The lowest BCUT2D eigenvalue weighted by atomic mass is 10.0. The zero-order valence-electron chi connectivity index (χ0n) is 26.1. The van der Waals surface area contributed by atoms with Crippen LogP contribution in [0.4, 0.5) is 5.69 Å². The highest BCUT2D eigenvalue weighted by molar-refractivity contribution is 9.10. The molecule has 2 amide bonds. The molecular formula is C35H37BrClN3O5S. The smallest absolute Gasteiger partial charge is 0.264 e. The van der Waals surface area contributed by atoms with Crippen molar-refractivity contribution in [2.24, 2.45) is 0 Å². The summed E-state index contributed by atoms with van der Waals surface area (Å²) in [5.74, 6) is -0.719. The van der Waals surface area contributed by atoms with Gasteiger partial charge < -0.3 is 15.0 Å². The molecule has 0 saturated heterocycles. The molecule has 11 heteroatoms. The van der Waals surface area contributed by atoms with Crippen molar-refractivity contribution >= 4 is 55.1 Å². The second-order valence-corrected chi connectivity index (χ2v) is 14.4. The van der Waals surface area contributed by atoms with Gasteiger partial charge in [0.2, 0.25) is 11.8 Å². The highest BCUT2D eigenvalue weighted by atomic mass is 79.9. The first kappa shape index (κ1) is 35.0. The maximum atomic E-state index is 14.6. The van der Waals surface area contributed by atoms with Crippen molar-refractivity contribution in [2.45, 2.75) is 50.7 Å². The van der Waals surface area contributed by atoms with Gasteiger partial charge in [-0.25, -0.2) is 8.42 Å². The number of methoxy groups -OCH3 is 1. The van der Waals surface area contributed by atoms with E-state index in [0.717, 1.165) is 25.5 Å². The Labute approximate surface area is 284 Å². The van der Waals surface area contributed by atoms with E-state index in [0.29, 0.717) is 0 Å². The molecule has 0 bridgehead atoms. The van der Waals surface area contributed by atoms with Crippen molar-refractivity contribution in [1.82, 2.24) is 10.2 Å². The SMILES string of the molecule is COc1ccc(Cl)cc1N(CC(=O)N(Cc1ccc(Br)cc1)[C@H](Cc1ccccc1)C(=O)NC(C)C)S(=O)(=O)c1ccc(C)cc1. The summed E-state index contributed by atoms with van der Waals surface area (Å²) < 4.78 is 36.0. The number of carbonyl (C=O) groups excluding carboxylic acids is 2. The van der Waals surface area contributed by atoms with Crippen LogP contribution in [0.3, 0.4) is 0 Å². The van der Waals surface area contributed by atoms with Crippen molar-refractivity contribution < 1.29 is 22.7 Å². The van der Waals surface area contributed by atoms with Gasteiger partial charge in [0.1, 0.15) is 18.3 Å². The second-order valence-electron chi connectivity index (χ2n) is 11.2. The van der Waals surface area contributed by atoms with Crippen molar-refractivity contribution in [1.29, 1.82) is 0 Å². The molecule has 4 aromatic rings. The average molecular weight is 727 g/mol. The molecule has 1 atom stereocenters. The Bertz CT molecular complexity index is 1750. The maximum absolute atomic E-state index is 14.6. The van der Waals surface area contributed by atoms with Gasteiger partial charge in [0, 0.05) is 28.5 Å². The predicted octanol–water partition coefficient (Wildman–Crippen LogP) is 6.78. The van der Waals surface area contributed by atoms with Crippen LogP contribution < -0.4 is 14.4 Å². The number of ether oxygens (including phenoxy) is 1. The zero-order chi connectivity index (χ0) is 33.4. The van der Waals surface area contributed by atoms with E-state index in [2.05, 4.69) is 21.2 Å². The largest absolute Gasteiger partial charge is 0.495 e. The van der Waals surface area contributed by atoms with Crippen LogP contribution >= 0.6 is 27.5 Å². The zero-order valence-corrected chi connectivity index (χ0v) is 29.3. The predicted molar refractivity (Wildman–Crippen MR) is 186 cm³/mol. The standard InChI is InChI=1S/C35H37BrClN3O5S/c1-24(2)38-35(42)32(20-26-8-6-5-7-9-26)39(22-27-12-14-28(36)15-13-27)34(41)23-40(31-21-29(37)16-19-33(31)45-4)46(43,44)30-17-10-25(3)11-18-30/h5-19,21,24,32H,20,22-23H2,1-4H3,(H,38,42)/t32-/m1/s1. The Morgan fingerprint density at radius 3 is 2.17 bits per heavy atom. The molecule has 242 valence electrons. The fraction of sp³-hybridized carbons (Fsp3) is 0.257. The van der Waals surface area contributed by atoms with Crippen LogP contribution in [-0.4, -0.2) is 50.9 Å². The van der Waals surface area contributed by atoms with Gasteiger partial charge >= 0.3 is 0 Å². The number of carbonyl (C=O) groups is 2. The van der Waals surface area contributed by atoms with Crippen LogP contribution in [-0.2, 0) is 32.6 Å². The minimum atomic E-state index is -4.31. The Balaban J connectivity index is 1.85. The summed E-state index contributed by atoms with van der Waals surface area (Å²) in [6, 6.07) is 26.6. The third-order valence-electron chi connectivity index (χ3n) is 7.27. The monoisotopic (exact) mass is 725 g/mol. The molecule has 4 aromatic carbocycles. The summed E-state index contributed by atoms with van der Waals surface area (Å²) in [7, 11) is -2.90. The van der Waals surface area contributed by atoms with Crippen LogP contribution in [0, 0.1) is 6.92 Å². The Morgan fingerprint density at radius 2 is 1.57 bits per heavy atom. The van der Waals surface area contributed by atoms with E-state index in [1.807, 2.05) is 75.4 Å². The van der Waals surface area contributed by atoms with Gasteiger partial charge in [0.15, 0.2) is 0 Å². The molecule has 8 nitrogen and oxygen atoms in total. The molecule has 0 spiro atoms. The first-order valence-electron chi connectivity index (χ1n) is 14.7. The number of sulfonamides is 1. The summed E-state index contributed by atoms with van der Waals surface area (Å²) in [5, 5.41) is 3.22. The molecule has 0 aliphatic carbocycles. The van der Waals surface area contributed by atoms with Gasteiger partial charge in [0.25, 0.3) is 10.0 Å². The van der Waals surface area contributed by atoms with E-state index in [1.54, 1.807) is 24.3 Å². The molecule has 0 aliphatic rings. The fourth-order valence-corrected chi connectivity index (χ4v) is 6.78. The second kappa shape index (κ2) is 15.6. The third-order valence-corrected chi connectivity index (χ3v) is 9.80. The maximum Gasteiger partial charge on any atom is 0.264 e. The Hall–Kier alpha value is -3.86. The van der Waals surface area contributed by atoms with Crippen molar-refractivity contribution in [3.8, 4) is 5.75 Å². The van der Waals surface area contributed by atoms with Gasteiger partial charge in [-0.05, 0) is 74.4 Å². The van der Waals surface area contributed by atoms with Crippen molar-refractivity contribution in [3.63, 3.8) is 0 Å². The topological polar surface area (TPSA) is 96.0 Å². The lowest BCUT2D eigenvalue weighted by Crippen LogP contribution is -2.54. The molecule has 0 saturated carbocycles. The van der Waals surface area contributed by atoms with Crippen LogP contribution in [0.5, 0.6) is 5.75 Å². The number of benzene rings is 4. The van der Waals surface area contributed by atoms with E-state index in [1.165, 1.54) is 30.2 Å². The van der Waals surface area contributed by atoms with E-state index >= 15 is 0 Å². The van der Waals surface area contributed by atoms with E-state index in [4.69, 9.17) is 16.3 Å². The number of nitrogens with one attached hydrogen (secondary N) is 1. The summed E-state index contributed by atoms with van der Waals surface area (Å²) in [6.07, 6.45) is 0.215. The quantitative estimate of drug-likeness (QED) is 0.164. The Morgan fingerprint density at radius 1 is 0.913 bits per heavy atom. The number of halogens is 2. The van der Waals surface area contributed by atoms with Crippen LogP contribution in [0.15, 0.2) is 106 Å². The molecule has 4 rings (SSSR count). The van der Waals surface area contributed by atoms with Crippen LogP contribution in [0.1, 0.15) is 30.5 Å². The molecular weight excluding hydrogens is 690 g/mol. The van der Waals surface area contributed by atoms with E-state index in [9.17, 15) is 18.0 Å². The highest BCUT2D eigenvalue weighted by Crippen LogP contribution is 2.35. The number of hydrogen-bond acceptors (Lipinski definition) is 5. The minimum absolute atomic E-state index is 0.00854. The average Bonchev–Trinajstić information content (AvgIpc) is 3.02. The fourth-order valence-electron chi connectivity index (χ4n) is 4.93. The van der Waals surface area contributed by atoms with Crippen molar-refractivity contribution in [3.05, 3.63) is 123 Å². The van der Waals surface area contributed by atoms with Gasteiger partial charge in [-0.15, -0.1) is 0 Å². The lowest BCUT2D eigenvalue weighted by Gasteiger charge is -2.34. The summed E-state index contributed by atoms with van der Waals surface area (Å²) in [5.41, 5.74) is 2.59. The van der Waals surface area contributed by atoms with Crippen molar-refractivity contribution in [2.75, 3.05) is 18.0 Å². The summed E-state index contributed by atoms with van der Waals surface area (Å²) in [6.45, 7) is 4.98. The van der Waals surface area contributed by atoms with Crippen LogP contribution in [0.2, 0.25) is 5.02 Å². The van der Waals surface area contributed by atoms with Gasteiger partial charge in [-0.3, -0.25) is 13.9 Å². The number of anilines is 1. The Kier molecular flexibility index (Phi) is 11.9. The van der Waals surface area contributed by atoms with E-state index < -0.39 is 28.5 Å². The summed E-state index contributed by atoms with van der Waals surface area (Å²) >= 11 is 9.81. The molecule has 1 N–H and O–H groups in total. The van der Waals surface area contributed by atoms with Crippen LogP contribution in [0.25, 0.3) is 0 Å². The first-order valence-corrected chi connectivity index (χ1v) is 17.3. The summed E-state index contributed by atoms with van der Waals surface area (Å²) in [4.78, 5) is 29.8. The third kappa shape index (κ3) is 8.90. The van der Waals surface area contributed by atoms with E-state index in [-0.39, 0.29) is 46.3 Å². The first-order chi connectivity index (χ1) is 21.9. The number of nitrogens with zero attached hydrogens (tertiary/aromatic N) is 2. The van der Waals surface area contributed by atoms with Gasteiger partial charge in [-0.2, -0.15) is 0 Å². The molecule has 0 radical (unpaired) electrons. The van der Waals surface area contributed by atoms with Gasteiger partial charge in [-0.1, -0.05) is 87.7 Å². The molecule has 0 unspecified atom stereocenters. The molecule has 0 aliphatic heterocycles. The lowest BCUT2D eigenvalue weighted by molar-refractivity contribution is -0.140. The minimum Gasteiger partial charge on any atom is -0.495 e. The molecule has 0 fully saturated rings. The molecule has 46 heavy (non-hydrogen) atoms. The normalized spacial score (nSPS) is 12.0. The number of hydrogen-bond donors (Lipinski definition) is 1. The number of aryl methyl sites for hydroxylation is 1. The van der Waals surface area contributed by atoms with Gasteiger partial charge in [0.05, 0.1) is 17.7 Å². The highest BCUT2D eigenvalue weighted by Gasteiger charge is 2.35. The molecule has 0 aromatic heterocycles. The number of rotatable bonds is 13. The molecule has 0 heterocycles.